The van der Waals surface area contributed by atoms with E-state index in [2.05, 4.69) is 27.4 Å². The molecule has 100 valence electrons. The average Bonchev–Trinajstić information content (AvgIpc) is 2.89. The van der Waals surface area contributed by atoms with Crippen molar-refractivity contribution in [1.82, 2.24) is 4.90 Å². The Morgan fingerprint density at radius 3 is 2.94 bits per heavy atom. The maximum absolute atomic E-state index is 12.1. The van der Waals surface area contributed by atoms with E-state index in [1.165, 1.54) is 12.0 Å². The van der Waals surface area contributed by atoms with Crippen LogP contribution in [0.4, 0.5) is 0 Å². The van der Waals surface area contributed by atoms with Gasteiger partial charge in [-0.1, -0.05) is 6.42 Å². The maximum Gasteiger partial charge on any atom is 0.222 e. The number of carbonyl (C=O) groups excluding carboxylic acids is 1. The van der Waals surface area contributed by atoms with E-state index in [1.807, 2.05) is 7.05 Å². The molecular formula is C13H19BrN2OS. The molecule has 0 aliphatic heterocycles. The number of carbonyl (C=O) groups is 1. The van der Waals surface area contributed by atoms with Crippen molar-refractivity contribution in [3.63, 3.8) is 0 Å². The normalized spacial score (nSPS) is 23.3. The van der Waals surface area contributed by atoms with Crippen LogP contribution in [0.1, 0.15) is 31.2 Å². The van der Waals surface area contributed by atoms with Crippen molar-refractivity contribution in [2.75, 3.05) is 7.05 Å². The first-order valence-corrected chi connectivity index (χ1v) is 7.96. The molecule has 0 radical (unpaired) electrons. The monoisotopic (exact) mass is 330 g/mol. The van der Waals surface area contributed by atoms with E-state index < -0.39 is 0 Å². The van der Waals surface area contributed by atoms with Crippen molar-refractivity contribution in [3.05, 3.63) is 20.8 Å². The van der Waals surface area contributed by atoms with Crippen LogP contribution >= 0.6 is 27.3 Å². The van der Waals surface area contributed by atoms with Gasteiger partial charge in [0.2, 0.25) is 5.91 Å². The molecule has 5 heteroatoms. The number of nitrogens with zero attached hydrogens (tertiary/aromatic N) is 1. The van der Waals surface area contributed by atoms with Gasteiger partial charge < -0.3 is 10.6 Å². The standard InChI is InChI=1S/C13H19BrN2OS/c1-16(7-9-5-12(14)18-8-9)13(17)6-10-3-2-4-11(10)15/h5,8,10-11H,2-4,6-7,15H2,1H3/t10-,11+/m0/s1. The van der Waals surface area contributed by atoms with E-state index in [0.29, 0.717) is 18.9 Å². The quantitative estimate of drug-likeness (QED) is 0.922. The average molecular weight is 331 g/mol. The maximum atomic E-state index is 12.1. The van der Waals surface area contributed by atoms with Gasteiger partial charge in [-0.15, -0.1) is 11.3 Å². The van der Waals surface area contributed by atoms with Crippen LogP contribution in [0.15, 0.2) is 15.2 Å². The summed E-state index contributed by atoms with van der Waals surface area (Å²) in [7, 11) is 1.87. The zero-order chi connectivity index (χ0) is 13.1. The fourth-order valence-corrected chi connectivity index (χ4v) is 3.69. The summed E-state index contributed by atoms with van der Waals surface area (Å²) in [6.45, 7) is 0.683. The lowest BCUT2D eigenvalue weighted by Gasteiger charge is -2.20. The second kappa shape index (κ2) is 6.17. The SMILES string of the molecule is CN(Cc1csc(Br)c1)C(=O)C[C@@H]1CCC[C@H]1N. The van der Waals surface area contributed by atoms with Crippen molar-refractivity contribution < 1.29 is 4.79 Å². The molecule has 1 aliphatic carbocycles. The van der Waals surface area contributed by atoms with Crippen molar-refractivity contribution in [3.8, 4) is 0 Å². The highest BCUT2D eigenvalue weighted by molar-refractivity contribution is 9.11. The van der Waals surface area contributed by atoms with Crippen molar-refractivity contribution in [1.29, 1.82) is 0 Å². The third-order valence-corrected chi connectivity index (χ3v) is 5.18. The van der Waals surface area contributed by atoms with Gasteiger partial charge >= 0.3 is 0 Å². The molecule has 1 saturated carbocycles. The Morgan fingerprint density at radius 2 is 2.39 bits per heavy atom. The molecule has 2 rings (SSSR count). The number of hydrogen-bond donors (Lipinski definition) is 1. The van der Waals surface area contributed by atoms with Crippen LogP contribution in [0.3, 0.4) is 0 Å². The minimum absolute atomic E-state index is 0.208. The van der Waals surface area contributed by atoms with Gasteiger partial charge in [-0.2, -0.15) is 0 Å². The molecule has 3 nitrogen and oxygen atoms in total. The van der Waals surface area contributed by atoms with Crippen LogP contribution in [-0.2, 0) is 11.3 Å². The molecular weight excluding hydrogens is 312 g/mol. The number of nitrogens with two attached hydrogens (primary N) is 1. The molecule has 1 fully saturated rings. The summed E-state index contributed by atoms with van der Waals surface area (Å²) >= 11 is 5.09. The number of hydrogen-bond acceptors (Lipinski definition) is 3. The van der Waals surface area contributed by atoms with Gasteiger partial charge in [-0.25, -0.2) is 0 Å². The Morgan fingerprint density at radius 1 is 1.61 bits per heavy atom. The van der Waals surface area contributed by atoms with E-state index in [0.717, 1.165) is 16.6 Å². The highest BCUT2D eigenvalue weighted by Crippen LogP contribution is 2.27. The van der Waals surface area contributed by atoms with Crippen LogP contribution < -0.4 is 5.73 Å². The molecule has 0 saturated heterocycles. The smallest absolute Gasteiger partial charge is 0.222 e. The van der Waals surface area contributed by atoms with E-state index in [4.69, 9.17) is 5.73 Å². The van der Waals surface area contributed by atoms with Crippen LogP contribution in [0.5, 0.6) is 0 Å². The number of halogens is 1. The first kappa shape index (κ1) is 14.0. The van der Waals surface area contributed by atoms with Crippen LogP contribution in [-0.4, -0.2) is 23.9 Å². The number of thiophene rings is 1. The minimum atomic E-state index is 0.208. The van der Waals surface area contributed by atoms with E-state index in [1.54, 1.807) is 16.2 Å². The second-order valence-electron chi connectivity index (χ2n) is 5.07. The third kappa shape index (κ3) is 3.56. The Hall–Kier alpha value is -0.390. The molecule has 1 aromatic rings. The van der Waals surface area contributed by atoms with E-state index in [-0.39, 0.29) is 11.9 Å². The largest absolute Gasteiger partial charge is 0.341 e. The van der Waals surface area contributed by atoms with Crippen LogP contribution in [0.25, 0.3) is 0 Å². The first-order chi connectivity index (χ1) is 8.56. The minimum Gasteiger partial charge on any atom is -0.341 e. The summed E-state index contributed by atoms with van der Waals surface area (Å²) < 4.78 is 1.11. The Bertz CT molecular complexity index is 421. The molecule has 1 heterocycles. The Labute approximate surface area is 120 Å². The van der Waals surface area contributed by atoms with Crippen LogP contribution in [0.2, 0.25) is 0 Å². The summed E-state index contributed by atoms with van der Waals surface area (Å²) in [5.74, 6) is 0.592. The topological polar surface area (TPSA) is 46.3 Å². The fourth-order valence-electron chi connectivity index (χ4n) is 2.49. The van der Waals surface area contributed by atoms with Gasteiger partial charge in [0.05, 0.1) is 3.79 Å². The molecule has 0 spiro atoms. The Kier molecular flexibility index (Phi) is 4.81. The summed E-state index contributed by atoms with van der Waals surface area (Å²) in [5, 5.41) is 2.08. The van der Waals surface area contributed by atoms with E-state index >= 15 is 0 Å². The van der Waals surface area contributed by atoms with Gasteiger partial charge in [0.1, 0.15) is 0 Å². The molecule has 2 atom stereocenters. The predicted octanol–water partition coefficient (Wildman–Crippen LogP) is 2.99. The Balaban J connectivity index is 1.84. The summed E-state index contributed by atoms with van der Waals surface area (Å²) in [4.78, 5) is 13.9. The summed E-state index contributed by atoms with van der Waals surface area (Å²) in [6, 6.07) is 2.29. The van der Waals surface area contributed by atoms with Gasteiger partial charge in [0.15, 0.2) is 0 Å². The van der Waals surface area contributed by atoms with Gasteiger partial charge in [0.25, 0.3) is 0 Å². The summed E-state index contributed by atoms with van der Waals surface area (Å²) in [5.41, 5.74) is 7.19. The molecule has 0 unspecified atom stereocenters. The summed E-state index contributed by atoms with van der Waals surface area (Å²) in [6.07, 6.45) is 3.94. The zero-order valence-corrected chi connectivity index (χ0v) is 13.0. The predicted molar refractivity (Wildman–Crippen MR) is 78.4 cm³/mol. The van der Waals surface area contributed by atoms with Crippen molar-refractivity contribution in [2.45, 2.75) is 38.3 Å². The first-order valence-electron chi connectivity index (χ1n) is 6.28. The van der Waals surface area contributed by atoms with Crippen molar-refractivity contribution >= 4 is 33.2 Å². The molecule has 1 aromatic heterocycles. The van der Waals surface area contributed by atoms with Crippen LogP contribution in [0, 0.1) is 5.92 Å². The van der Waals surface area contributed by atoms with Gasteiger partial charge in [-0.05, 0) is 51.7 Å². The highest BCUT2D eigenvalue weighted by atomic mass is 79.9. The molecule has 1 amide bonds. The molecule has 1 aliphatic rings. The lowest BCUT2D eigenvalue weighted by molar-refractivity contribution is -0.131. The fraction of sp³-hybridized carbons (Fsp3) is 0.615. The second-order valence-corrected chi connectivity index (χ2v) is 7.36. The molecule has 0 bridgehead atoms. The van der Waals surface area contributed by atoms with Gasteiger partial charge in [-0.3, -0.25) is 4.79 Å². The molecule has 18 heavy (non-hydrogen) atoms. The number of amides is 1. The van der Waals surface area contributed by atoms with E-state index in [9.17, 15) is 4.79 Å². The van der Waals surface area contributed by atoms with Crippen molar-refractivity contribution in [2.24, 2.45) is 11.7 Å². The van der Waals surface area contributed by atoms with Gasteiger partial charge in [0, 0.05) is 26.1 Å². The zero-order valence-electron chi connectivity index (χ0n) is 10.6. The third-order valence-electron chi connectivity index (χ3n) is 3.62. The lowest BCUT2D eigenvalue weighted by atomic mass is 9.99. The molecule has 0 aromatic carbocycles. The lowest BCUT2D eigenvalue weighted by Crippen LogP contribution is -2.32. The number of rotatable bonds is 4. The molecule has 2 N–H and O–H groups in total. The highest BCUT2D eigenvalue weighted by Gasteiger charge is 2.27.